The van der Waals surface area contributed by atoms with Crippen LogP contribution in [-0.2, 0) is 32.9 Å². The van der Waals surface area contributed by atoms with Crippen molar-refractivity contribution in [1.29, 1.82) is 0 Å². The number of aliphatic hydroxyl groups is 2. The van der Waals surface area contributed by atoms with Crippen LogP contribution in [0.2, 0.25) is 0 Å². The van der Waals surface area contributed by atoms with Crippen molar-refractivity contribution in [1.82, 2.24) is 29.7 Å². The van der Waals surface area contributed by atoms with Crippen molar-refractivity contribution in [2.24, 2.45) is 0 Å². The molecule has 0 saturated carbocycles. The zero-order valence-corrected chi connectivity index (χ0v) is 24.0. The molecule has 0 amide bonds. The van der Waals surface area contributed by atoms with Crippen LogP contribution in [0.15, 0.2) is 6.33 Å². The van der Waals surface area contributed by atoms with Gasteiger partial charge in [0.2, 0.25) is 11.8 Å². The van der Waals surface area contributed by atoms with Crippen LogP contribution in [-0.4, -0.2) is 98.5 Å². The van der Waals surface area contributed by atoms with Gasteiger partial charge in [-0.15, -0.1) is 0 Å². The molecule has 3 rings (SSSR count). The summed E-state index contributed by atoms with van der Waals surface area (Å²) in [7, 11) is -2.81. The third-order valence-corrected chi connectivity index (χ3v) is 8.00. The first kappa shape index (κ1) is 31.6. The third-order valence-electron chi connectivity index (χ3n) is 6.04. The van der Waals surface area contributed by atoms with Crippen molar-refractivity contribution in [2.45, 2.75) is 70.7 Å². The lowest BCUT2D eigenvalue weighted by atomic mass is 9.96. The predicted molar refractivity (Wildman–Crippen MR) is 139 cm³/mol. The van der Waals surface area contributed by atoms with E-state index in [1.165, 1.54) is 38.8 Å². The maximum absolute atomic E-state index is 13.7. The van der Waals surface area contributed by atoms with Gasteiger partial charge < -0.3 is 39.4 Å². The van der Waals surface area contributed by atoms with Gasteiger partial charge in [-0.1, -0.05) is 0 Å². The van der Waals surface area contributed by atoms with Crippen molar-refractivity contribution >= 4 is 36.7 Å². The highest BCUT2D eigenvalue weighted by Crippen LogP contribution is 2.44. The standard InChI is InChI=1S/C22H36N7O10P/c1-7-36-18(31)11(3)27-40(34,28-12(4)19(32)37-8-2)38-9-13-15(30)22(5,33)20(39-13)29-10-24-14-16(29)25-21(23)26-17(14)35-6/h10-13,15,20,30,33H,7-9H2,1-6H3,(H2,23,25,26)(H2,27,28,34)/t11-,12-,13+,15+,20+,22+/m0/s1. The van der Waals surface area contributed by atoms with E-state index in [1.807, 2.05) is 0 Å². The van der Waals surface area contributed by atoms with Crippen LogP contribution in [0, 0.1) is 0 Å². The van der Waals surface area contributed by atoms with Crippen molar-refractivity contribution in [2.75, 3.05) is 32.7 Å². The first-order valence-electron chi connectivity index (χ1n) is 12.5. The van der Waals surface area contributed by atoms with E-state index in [2.05, 4.69) is 25.1 Å². The molecule has 17 nitrogen and oxygen atoms in total. The number of nitrogens with one attached hydrogen (secondary N) is 2. The molecule has 0 radical (unpaired) electrons. The molecule has 0 spiro atoms. The minimum Gasteiger partial charge on any atom is -0.479 e. The number of nitrogens with two attached hydrogens (primary N) is 1. The van der Waals surface area contributed by atoms with Crippen molar-refractivity contribution in [3.8, 4) is 5.88 Å². The summed E-state index contributed by atoms with van der Waals surface area (Å²) in [6.45, 7) is 7.00. The van der Waals surface area contributed by atoms with E-state index in [0.717, 1.165) is 0 Å². The largest absolute Gasteiger partial charge is 0.479 e. The molecule has 18 heteroatoms. The fourth-order valence-electron chi connectivity index (χ4n) is 4.04. The Bertz CT molecular complexity index is 1230. The van der Waals surface area contributed by atoms with Gasteiger partial charge in [0.15, 0.2) is 17.4 Å². The van der Waals surface area contributed by atoms with Gasteiger partial charge >= 0.3 is 19.6 Å². The third kappa shape index (κ3) is 6.68. The molecule has 3 heterocycles. The number of hydrogen-bond donors (Lipinski definition) is 5. The summed E-state index contributed by atoms with van der Waals surface area (Å²) in [6.07, 6.45) is -2.70. The van der Waals surface area contributed by atoms with E-state index >= 15 is 0 Å². The van der Waals surface area contributed by atoms with E-state index in [0.29, 0.717) is 0 Å². The number of esters is 2. The van der Waals surface area contributed by atoms with E-state index in [9.17, 15) is 24.4 Å². The van der Waals surface area contributed by atoms with E-state index in [4.69, 9.17) is 29.2 Å². The Kier molecular flexibility index (Phi) is 10.1. The van der Waals surface area contributed by atoms with Crippen molar-refractivity contribution in [3.63, 3.8) is 0 Å². The summed E-state index contributed by atoms with van der Waals surface area (Å²) >= 11 is 0. The molecule has 40 heavy (non-hydrogen) atoms. The number of rotatable bonds is 13. The zero-order valence-electron chi connectivity index (χ0n) is 23.1. The second kappa shape index (κ2) is 12.7. The maximum atomic E-state index is 13.7. The first-order valence-corrected chi connectivity index (χ1v) is 14.1. The number of aromatic nitrogens is 4. The van der Waals surface area contributed by atoms with E-state index in [1.54, 1.807) is 13.8 Å². The molecule has 0 unspecified atom stereocenters. The molecule has 0 bridgehead atoms. The van der Waals surface area contributed by atoms with Crippen LogP contribution in [0.1, 0.15) is 40.8 Å². The highest BCUT2D eigenvalue weighted by atomic mass is 31.2. The topological polar surface area (TPSA) is 232 Å². The summed E-state index contributed by atoms with van der Waals surface area (Å²) in [5, 5.41) is 27.2. The van der Waals surface area contributed by atoms with Gasteiger partial charge in [0.05, 0.1) is 33.3 Å². The molecule has 224 valence electrons. The van der Waals surface area contributed by atoms with Crippen LogP contribution in [0.25, 0.3) is 11.2 Å². The average Bonchev–Trinajstić information content (AvgIpc) is 3.40. The quantitative estimate of drug-likeness (QED) is 0.148. The molecular formula is C22H36N7O10P. The Morgan fingerprint density at radius 2 is 1.77 bits per heavy atom. The monoisotopic (exact) mass is 589 g/mol. The van der Waals surface area contributed by atoms with Crippen molar-refractivity contribution < 1.29 is 47.8 Å². The number of nitrogen functional groups attached to an aromatic ring is 1. The first-order chi connectivity index (χ1) is 18.8. The molecule has 1 aliphatic rings. The van der Waals surface area contributed by atoms with Gasteiger partial charge in [0.1, 0.15) is 29.9 Å². The molecule has 2 aromatic rings. The number of carbonyl (C=O) groups excluding carboxylic acids is 2. The smallest absolute Gasteiger partial charge is 0.342 e. The summed E-state index contributed by atoms with van der Waals surface area (Å²) in [5.74, 6) is -1.43. The summed E-state index contributed by atoms with van der Waals surface area (Å²) < 4.78 is 41.7. The fourth-order valence-corrected chi connectivity index (χ4v) is 5.85. The summed E-state index contributed by atoms with van der Waals surface area (Å²) in [4.78, 5) is 36.7. The number of fused-ring (bicyclic) bond motifs is 1. The molecule has 0 aromatic carbocycles. The fraction of sp³-hybridized carbons (Fsp3) is 0.682. The molecular weight excluding hydrogens is 553 g/mol. The summed E-state index contributed by atoms with van der Waals surface area (Å²) in [6, 6.07) is -2.20. The number of methoxy groups -OCH3 is 1. The van der Waals surface area contributed by atoms with Gasteiger partial charge in [0, 0.05) is 0 Å². The highest BCUT2D eigenvalue weighted by Gasteiger charge is 2.54. The number of ether oxygens (including phenoxy) is 4. The lowest BCUT2D eigenvalue weighted by Crippen LogP contribution is -2.45. The van der Waals surface area contributed by atoms with Gasteiger partial charge in [-0.25, -0.2) is 15.2 Å². The average molecular weight is 590 g/mol. The number of imidazole rings is 1. The van der Waals surface area contributed by atoms with E-state index < -0.39 is 62.3 Å². The molecule has 2 aromatic heterocycles. The number of aliphatic hydroxyl groups excluding tert-OH is 1. The molecule has 1 aliphatic heterocycles. The van der Waals surface area contributed by atoms with E-state index in [-0.39, 0.29) is 36.2 Å². The number of nitrogens with zero attached hydrogens (tertiary/aromatic N) is 4. The molecule has 6 atom stereocenters. The van der Waals surface area contributed by atoms with Crippen molar-refractivity contribution in [3.05, 3.63) is 6.33 Å². The maximum Gasteiger partial charge on any atom is 0.342 e. The minimum atomic E-state index is -4.19. The highest BCUT2D eigenvalue weighted by molar-refractivity contribution is 7.54. The second-order valence-corrected chi connectivity index (χ2v) is 11.0. The Hall–Kier alpha value is -2.92. The number of anilines is 1. The molecule has 0 aliphatic carbocycles. The normalized spacial score (nSPS) is 24.6. The van der Waals surface area contributed by atoms with Crippen LogP contribution < -0.4 is 20.6 Å². The summed E-state index contributed by atoms with van der Waals surface area (Å²) in [5.41, 5.74) is 4.28. The molecule has 6 N–H and O–H groups in total. The zero-order chi connectivity index (χ0) is 29.8. The lowest BCUT2D eigenvalue weighted by Gasteiger charge is -2.28. The SMILES string of the molecule is CCOC(=O)[C@H](C)NP(=O)(N[C@@H](C)C(=O)OCC)OC[C@H]1O[C@@H](n2cnc3c(OC)nc(N)nc32)[C@](C)(O)[C@@H]1O. The van der Waals surface area contributed by atoms with Crippen LogP contribution in [0.5, 0.6) is 5.88 Å². The Balaban J connectivity index is 1.84. The minimum absolute atomic E-state index is 0.0899. The Labute approximate surface area is 230 Å². The van der Waals surface area contributed by atoms with Crippen LogP contribution in [0.3, 0.4) is 0 Å². The Morgan fingerprint density at radius 1 is 1.20 bits per heavy atom. The van der Waals surface area contributed by atoms with Crippen LogP contribution in [0.4, 0.5) is 5.95 Å². The van der Waals surface area contributed by atoms with Crippen LogP contribution >= 0.6 is 7.67 Å². The van der Waals surface area contributed by atoms with Gasteiger partial charge in [-0.2, -0.15) is 9.97 Å². The van der Waals surface area contributed by atoms with Gasteiger partial charge in [-0.3, -0.25) is 18.7 Å². The lowest BCUT2D eigenvalue weighted by molar-refractivity contribution is -0.145. The Morgan fingerprint density at radius 3 is 2.30 bits per heavy atom. The van der Waals surface area contributed by atoms with Gasteiger partial charge in [0.25, 0.3) is 0 Å². The second-order valence-electron chi connectivity index (χ2n) is 9.17. The predicted octanol–water partition coefficient (Wildman–Crippen LogP) is -0.366. The number of carbonyl (C=O) groups is 2. The molecule has 1 saturated heterocycles. The number of hydrogen-bond acceptors (Lipinski definition) is 14. The molecule has 1 fully saturated rings. The van der Waals surface area contributed by atoms with Gasteiger partial charge in [-0.05, 0) is 34.6 Å².